The highest BCUT2D eigenvalue weighted by atomic mass is 19.1. The third-order valence-electron chi connectivity index (χ3n) is 9.62. The van der Waals surface area contributed by atoms with Crippen LogP contribution in [0.25, 0.3) is 11.0 Å². The normalized spacial score (nSPS) is 14.4. The minimum absolute atomic E-state index is 0.0487. The third-order valence-corrected chi connectivity index (χ3v) is 9.62. The first kappa shape index (κ1) is 34.7. The van der Waals surface area contributed by atoms with Gasteiger partial charge in [0.25, 0.3) is 5.91 Å². The standard InChI is InChI=1S/C39H43FN4O6/c1-42(39(46)29-22-34(47-2)37(49-4)35(23-29)48-3)24-28(26-11-13-30(40)14-12-26)17-20-43-18-15-27(16-19-43)36(45)38-41-32-9-5-6-10-33(32)44(38)25-31-8-7-21-50-31/h5-14,21-23,27-28H,15-20,24-25H2,1-4H3. The molecule has 0 N–H and O–H groups in total. The van der Waals surface area contributed by atoms with Crippen molar-refractivity contribution < 1.29 is 32.6 Å². The summed E-state index contributed by atoms with van der Waals surface area (Å²) in [4.78, 5) is 36.4. The van der Waals surface area contributed by atoms with Gasteiger partial charge < -0.3 is 33.0 Å². The molecule has 1 fully saturated rings. The number of hydrogen-bond donors (Lipinski definition) is 0. The maximum atomic E-state index is 13.9. The Labute approximate surface area is 291 Å². The number of para-hydroxylation sites is 2. The lowest BCUT2D eigenvalue weighted by molar-refractivity contribution is 0.0778. The number of carbonyl (C=O) groups is 2. The second-order valence-corrected chi connectivity index (χ2v) is 12.7. The molecular weight excluding hydrogens is 639 g/mol. The van der Waals surface area contributed by atoms with Gasteiger partial charge in [0.05, 0.1) is 45.2 Å². The van der Waals surface area contributed by atoms with Crippen LogP contribution in [0.3, 0.4) is 0 Å². The minimum Gasteiger partial charge on any atom is -0.493 e. The summed E-state index contributed by atoms with van der Waals surface area (Å²) >= 11 is 0. The molecule has 0 aliphatic carbocycles. The number of ketones is 1. The molecule has 0 radical (unpaired) electrons. The lowest BCUT2D eigenvalue weighted by Crippen LogP contribution is -2.38. The van der Waals surface area contributed by atoms with Gasteiger partial charge in [-0.05, 0) is 93.0 Å². The number of likely N-dealkylation sites (tertiary alicyclic amines) is 1. The van der Waals surface area contributed by atoms with Crippen molar-refractivity contribution in [2.24, 2.45) is 5.92 Å². The van der Waals surface area contributed by atoms with Crippen molar-refractivity contribution in [3.8, 4) is 17.2 Å². The average Bonchev–Trinajstić information content (AvgIpc) is 3.81. The molecule has 1 aliphatic rings. The zero-order chi connectivity index (χ0) is 35.2. The van der Waals surface area contributed by atoms with E-state index in [1.165, 1.54) is 33.5 Å². The Bertz CT molecular complexity index is 1890. The number of piperidine rings is 1. The number of benzene rings is 3. The van der Waals surface area contributed by atoms with Crippen LogP contribution in [0, 0.1) is 11.7 Å². The lowest BCUT2D eigenvalue weighted by Gasteiger charge is -2.33. The molecule has 1 saturated heterocycles. The van der Waals surface area contributed by atoms with Crippen molar-refractivity contribution in [2.45, 2.75) is 31.7 Å². The molecule has 1 aliphatic heterocycles. The number of likely N-dealkylation sites (N-methyl/N-ethyl adjacent to an activating group) is 1. The number of aromatic nitrogens is 2. The number of nitrogens with zero attached hydrogens (tertiary/aromatic N) is 4. The summed E-state index contributed by atoms with van der Waals surface area (Å²) in [5.41, 5.74) is 3.06. The Hall–Kier alpha value is -5.16. The van der Waals surface area contributed by atoms with Crippen LogP contribution in [0.15, 0.2) is 83.5 Å². The molecular formula is C39H43FN4O6. The van der Waals surface area contributed by atoms with Crippen molar-refractivity contribution in [1.82, 2.24) is 19.4 Å². The lowest BCUT2D eigenvalue weighted by atomic mass is 9.90. The Morgan fingerprint density at radius 3 is 2.30 bits per heavy atom. The molecule has 2 aromatic heterocycles. The van der Waals surface area contributed by atoms with E-state index in [1.54, 1.807) is 42.5 Å². The molecule has 262 valence electrons. The average molecular weight is 683 g/mol. The number of rotatable bonds is 14. The Morgan fingerprint density at radius 2 is 1.66 bits per heavy atom. The largest absolute Gasteiger partial charge is 0.493 e. The molecule has 0 spiro atoms. The van der Waals surface area contributed by atoms with Gasteiger partial charge in [-0.1, -0.05) is 24.3 Å². The highest BCUT2D eigenvalue weighted by molar-refractivity contribution is 5.98. The van der Waals surface area contributed by atoms with Gasteiger partial charge >= 0.3 is 0 Å². The van der Waals surface area contributed by atoms with Gasteiger partial charge in [0.1, 0.15) is 11.6 Å². The highest BCUT2D eigenvalue weighted by Gasteiger charge is 2.30. The molecule has 3 heterocycles. The maximum Gasteiger partial charge on any atom is 0.253 e. The van der Waals surface area contributed by atoms with Crippen LogP contribution in [0.5, 0.6) is 17.2 Å². The second-order valence-electron chi connectivity index (χ2n) is 12.7. The van der Waals surface area contributed by atoms with Crippen LogP contribution in [0.2, 0.25) is 0 Å². The van der Waals surface area contributed by atoms with Gasteiger partial charge in [0.2, 0.25) is 11.5 Å². The van der Waals surface area contributed by atoms with Gasteiger partial charge in [-0.2, -0.15) is 0 Å². The first-order valence-corrected chi connectivity index (χ1v) is 16.8. The smallest absolute Gasteiger partial charge is 0.253 e. The van der Waals surface area contributed by atoms with Crippen molar-refractivity contribution in [3.05, 3.63) is 108 Å². The quantitative estimate of drug-likeness (QED) is 0.120. The molecule has 1 atom stereocenters. The highest BCUT2D eigenvalue weighted by Crippen LogP contribution is 2.38. The van der Waals surface area contributed by atoms with E-state index in [2.05, 4.69) is 4.90 Å². The molecule has 3 aromatic carbocycles. The van der Waals surface area contributed by atoms with Crippen molar-refractivity contribution >= 4 is 22.7 Å². The summed E-state index contributed by atoms with van der Waals surface area (Å²) < 4.78 is 37.8. The van der Waals surface area contributed by atoms with Gasteiger partial charge in [0.15, 0.2) is 17.3 Å². The fraction of sp³-hybridized carbons (Fsp3) is 0.359. The van der Waals surface area contributed by atoms with E-state index in [0.29, 0.717) is 41.7 Å². The van der Waals surface area contributed by atoms with Crippen molar-refractivity contribution in [1.29, 1.82) is 0 Å². The fourth-order valence-electron chi connectivity index (χ4n) is 6.86. The fourth-order valence-corrected chi connectivity index (χ4v) is 6.86. The minimum atomic E-state index is -0.307. The number of amides is 1. The first-order chi connectivity index (χ1) is 24.3. The summed E-state index contributed by atoms with van der Waals surface area (Å²) in [6.07, 6.45) is 3.83. The number of halogens is 1. The Morgan fingerprint density at radius 1 is 0.960 bits per heavy atom. The number of imidazole rings is 1. The molecule has 11 heteroatoms. The van der Waals surface area contributed by atoms with Crippen molar-refractivity contribution in [2.75, 3.05) is 54.6 Å². The molecule has 0 saturated carbocycles. The van der Waals surface area contributed by atoms with E-state index in [0.717, 1.165) is 61.3 Å². The van der Waals surface area contributed by atoms with Crippen LogP contribution in [0.4, 0.5) is 4.39 Å². The van der Waals surface area contributed by atoms with E-state index >= 15 is 0 Å². The van der Waals surface area contributed by atoms with Gasteiger partial charge in [0, 0.05) is 31.0 Å². The van der Waals surface area contributed by atoms with Crippen LogP contribution >= 0.6 is 0 Å². The van der Waals surface area contributed by atoms with E-state index in [1.807, 2.05) is 41.0 Å². The molecule has 5 aromatic rings. The van der Waals surface area contributed by atoms with Crippen molar-refractivity contribution in [3.63, 3.8) is 0 Å². The Balaban J connectivity index is 1.12. The maximum absolute atomic E-state index is 13.9. The Kier molecular flexibility index (Phi) is 10.8. The van der Waals surface area contributed by atoms with Gasteiger partial charge in [-0.15, -0.1) is 0 Å². The van der Waals surface area contributed by atoms with E-state index in [9.17, 15) is 14.0 Å². The molecule has 1 amide bonds. The monoisotopic (exact) mass is 682 g/mol. The number of furan rings is 1. The number of hydrogen-bond acceptors (Lipinski definition) is 8. The van der Waals surface area contributed by atoms with Crippen LogP contribution in [-0.2, 0) is 6.54 Å². The summed E-state index contributed by atoms with van der Waals surface area (Å²) in [5.74, 6) is 1.82. The van der Waals surface area contributed by atoms with Crippen LogP contribution < -0.4 is 14.2 Å². The predicted molar refractivity (Wildman–Crippen MR) is 188 cm³/mol. The first-order valence-electron chi connectivity index (χ1n) is 16.8. The molecule has 0 bridgehead atoms. The predicted octanol–water partition coefficient (Wildman–Crippen LogP) is 6.68. The zero-order valence-corrected chi connectivity index (χ0v) is 28.9. The van der Waals surface area contributed by atoms with E-state index in [4.69, 9.17) is 23.6 Å². The summed E-state index contributed by atoms with van der Waals surface area (Å²) in [7, 11) is 6.30. The summed E-state index contributed by atoms with van der Waals surface area (Å²) in [6.45, 7) is 3.17. The van der Waals surface area contributed by atoms with Crippen LogP contribution in [0.1, 0.15) is 57.5 Å². The SMILES string of the molecule is COc1cc(C(=O)N(C)CC(CCN2CCC(C(=O)c3nc4ccccc4n3Cc3ccco3)CC2)c2ccc(F)cc2)cc(OC)c1OC. The van der Waals surface area contributed by atoms with E-state index < -0.39 is 0 Å². The molecule has 50 heavy (non-hydrogen) atoms. The summed E-state index contributed by atoms with van der Waals surface area (Å²) in [5, 5.41) is 0. The number of carbonyl (C=O) groups excluding carboxylic acids is 2. The second kappa shape index (κ2) is 15.6. The number of fused-ring (bicyclic) bond motifs is 1. The molecule has 6 rings (SSSR count). The molecule has 10 nitrogen and oxygen atoms in total. The third kappa shape index (κ3) is 7.52. The molecule has 1 unspecified atom stereocenters. The van der Waals surface area contributed by atoms with Gasteiger partial charge in [-0.25, -0.2) is 9.37 Å². The topological polar surface area (TPSA) is 99.3 Å². The van der Waals surface area contributed by atoms with Gasteiger partial charge in [-0.3, -0.25) is 9.59 Å². The van der Waals surface area contributed by atoms with E-state index in [-0.39, 0.29) is 29.3 Å². The number of Topliss-reactive ketones (excluding diaryl/α,β-unsaturated/α-hetero) is 1. The summed E-state index contributed by atoms with van der Waals surface area (Å²) in [6, 6.07) is 21.3. The zero-order valence-electron chi connectivity index (χ0n) is 28.9. The van der Waals surface area contributed by atoms with Crippen LogP contribution in [-0.4, -0.2) is 85.6 Å². The number of ether oxygens (including phenoxy) is 3. The number of methoxy groups -OCH3 is 3.